The maximum atomic E-state index is 13.4. The van der Waals surface area contributed by atoms with Gasteiger partial charge in [-0.25, -0.2) is 17.5 Å². The summed E-state index contributed by atoms with van der Waals surface area (Å²) in [6.45, 7) is 0.209. The minimum atomic E-state index is -3.80. The molecule has 0 spiro atoms. The molecule has 0 amide bonds. The number of rotatable bonds is 5. The van der Waals surface area contributed by atoms with E-state index < -0.39 is 15.8 Å². The van der Waals surface area contributed by atoms with Gasteiger partial charge in [0.25, 0.3) is 0 Å². The third-order valence-corrected chi connectivity index (χ3v) is 4.08. The maximum absolute atomic E-state index is 13.4. The fraction of sp³-hybridized carbons (Fsp3) is 0.154. The Bertz CT molecular complexity index is 645. The Morgan fingerprint density at radius 3 is 2.47 bits per heavy atom. The third-order valence-electron chi connectivity index (χ3n) is 2.58. The molecular weight excluding hydrogens is 267 g/mol. The van der Waals surface area contributed by atoms with Crippen LogP contribution in [0.15, 0.2) is 53.7 Å². The third kappa shape index (κ3) is 3.59. The van der Waals surface area contributed by atoms with E-state index in [0.29, 0.717) is 6.42 Å². The number of sulfonamides is 1. The summed E-state index contributed by atoms with van der Waals surface area (Å²) in [5.41, 5.74) is 0.964. The summed E-state index contributed by atoms with van der Waals surface area (Å²) in [6.07, 6.45) is 3.80. The SMILES string of the molecule is O=S(=O)(NCCc1ccncc1)c1ccccc1F. The van der Waals surface area contributed by atoms with Crippen LogP contribution in [0.25, 0.3) is 0 Å². The van der Waals surface area contributed by atoms with Crippen molar-refractivity contribution in [3.05, 3.63) is 60.2 Å². The molecule has 19 heavy (non-hydrogen) atoms. The zero-order chi connectivity index (χ0) is 13.7. The lowest BCUT2D eigenvalue weighted by Crippen LogP contribution is -2.26. The van der Waals surface area contributed by atoms with Crippen molar-refractivity contribution in [3.8, 4) is 0 Å². The van der Waals surface area contributed by atoms with Crippen molar-refractivity contribution in [2.75, 3.05) is 6.54 Å². The van der Waals surface area contributed by atoms with E-state index in [1.165, 1.54) is 18.2 Å². The van der Waals surface area contributed by atoms with E-state index in [9.17, 15) is 12.8 Å². The van der Waals surface area contributed by atoms with E-state index in [-0.39, 0.29) is 11.4 Å². The molecule has 1 aromatic heterocycles. The lowest BCUT2D eigenvalue weighted by Gasteiger charge is -2.07. The zero-order valence-corrected chi connectivity index (χ0v) is 10.9. The molecule has 0 aliphatic heterocycles. The van der Waals surface area contributed by atoms with Gasteiger partial charge in [0.2, 0.25) is 10.0 Å². The number of benzene rings is 1. The Hall–Kier alpha value is -1.79. The monoisotopic (exact) mass is 280 g/mol. The van der Waals surface area contributed by atoms with Crippen molar-refractivity contribution in [1.82, 2.24) is 9.71 Å². The highest BCUT2D eigenvalue weighted by molar-refractivity contribution is 7.89. The van der Waals surface area contributed by atoms with Gasteiger partial charge in [-0.15, -0.1) is 0 Å². The molecule has 4 nitrogen and oxygen atoms in total. The molecule has 0 saturated carbocycles. The van der Waals surface area contributed by atoms with Crippen LogP contribution in [-0.4, -0.2) is 19.9 Å². The van der Waals surface area contributed by atoms with Crippen LogP contribution < -0.4 is 4.72 Å². The van der Waals surface area contributed by atoms with E-state index in [2.05, 4.69) is 9.71 Å². The summed E-state index contributed by atoms with van der Waals surface area (Å²) in [4.78, 5) is 3.54. The number of hydrogen-bond acceptors (Lipinski definition) is 3. The topological polar surface area (TPSA) is 59.1 Å². The minimum Gasteiger partial charge on any atom is -0.265 e. The van der Waals surface area contributed by atoms with Gasteiger partial charge in [-0.2, -0.15) is 0 Å². The first-order chi connectivity index (χ1) is 9.09. The summed E-state index contributed by atoms with van der Waals surface area (Å²) < 4.78 is 39.5. The average molecular weight is 280 g/mol. The van der Waals surface area contributed by atoms with Gasteiger partial charge in [-0.3, -0.25) is 4.98 Å². The van der Waals surface area contributed by atoms with Crippen LogP contribution in [0.4, 0.5) is 4.39 Å². The lowest BCUT2D eigenvalue weighted by atomic mass is 10.2. The fourth-order valence-corrected chi connectivity index (χ4v) is 2.73. The highest BCUT2D eigenvalue weighted by Gasteiger charge is 2.17. The summed E-state index contributed by atoms with van der Waals surface area (Å²) in [6, 6.07) is 8.90. The molecule has 0 radical (unpaired) electrons. The second-order valence-electron chi connectivity index (χ2n) is 3.93. The minimum absolute atomic E-state index is 0.209. The van der Waals surface area contributed by atoms with E-state index in [1.54, 1.807) is 24.5 Å². The fourth-order valence-electron chi connectivity index (χ4n) is 1.62. The van der Waals surface area contributed by atoms with Crippen molar-refractivity contribution in [2.45, 2.75) is 11.3 Å². The standard InChI is InChI=1S/C13H13FN2O2S/c14-12-3-1-2-4-13(12)19(17,18)16-10-7-11-5-8-15-9-6-11/h1-6,8-9,16H,7,10H2. The molecule has 0 atom stereocenters. The summed E-state index contributed by atoms with van der Waals surface area (Å²) in [5, 5.41) is 0. The number of nitrogens with one attached hydrogen (secondary N) is 1. The average Bonchev–Trinajstić information content (AvgIpc) is 2.40. The number of halogens is 1. The van der Waals surface area contributed by atoms with Crippen LogP contribution in [0.5, 0.6) is 0 Å². The van der Waals surface area contributed by atoms with Gasteiger partial charge in [0.1, 0.15) is 10.7 Å². The maximum Gasteiger partial charge on any atom is 0.243 e. The summed E-state index contributed by atoms with van der Waals surface area (Å²) in [5.74, 6) is -0.751. The predicted octanol–water partition coefficient (Wildman–Crippen LogP) is 1.74. The molecular formula is C13H13FN2O2S. The molecule has 1 aromatic carbocycles. The van der Waals surface area contributed by atoms with Crippen molar-refractivity contribution >= 4 is 10.0 Å². The van der Waals surface area contributed by atoms with Crippen molar-refractivity contribution < 1.29 is 12.8 Å². The molecule has 1 heterocycles. The van der Waals surface area contributed by atoms with Crippen molar-refractivity contribution in [3.63, 3.8) is 0 Å². The van der Waals surface area contributed by atoms with Gasteiger partial charge in [-0.1, -0.05) is 12.1 Å². The summed E-state index contributed by atoms with van der Waals surface area (Å²) in [7, 11) is -3.80. The van der Waals surface area contributed by atoms with Gasteiger partial charge in [-0.05, 0) is 36.2 Å². The molecule has 2 aromatic rings. The van der Waals surface area contributed by atoms with Crippen LogP contribution in [0.1, 0.15) is 5.56 Å². The van der Waals surface area contributed by atoms with Crippen LogP contribution in [-0.2, 0) is 16.4 Å². The second-order valence-corrected chi connectivity index (χ2v) is 5.67. The molecule has 100 valence electrons. The highest BCUT2D eigenvalue weighted by Crippen LogP contribution is 2.12. The molecule has 0 bridgehead atoms. The first-order valence-electron chi connectivity index (χ1n) is 5.73. The number of aromatic nitrogens is 1. The Kier molecular flexibility index (Phi) is 4.24. The van der Waals surface area contributed by atoms with Crippen molar-refractivity contribution in [2.24, 2.45) is 0 Å². The molecule has 0 saturated heterocycles. The smallest absolute Gasteiger partial charge is 0.243 e. The van der Waals surface area contributed by atoms with E-state index >= 15 is 0 Å². The quantitative estimate of drug-likeness (QED) is 0.907. The van der Waals surface area contributed by atoms with Gasteiger partial charge >= 0.3 is 0 Å². The van der Waals surface area contributed by atoms with E-state index in [4.69, 9.17) is 0 Å². The number of nitrogens with zero attached hydrogens (tertiary/aromatic N) is 1. The molecule has 0 aliphatic carbocycles. The van der Waals surface area contributed by atoms with Gasteiger partial charge in [0.15, 0.2) is 0 Å². The summed E-state index contributed by atoms with van der Waals surface area (Å²) >= 11 is 0. The Balaban J connectivity index is 2.01. The number of hydrogen-bond donors (Lipinski definition) is 1. The molecule has 1 N–H and O–H groups in total. The van der Waals surface area contributed by atoms with Crippen molar-refractivity contribution in [1.29, 1.82) is 0 Å². The van der Waals surface area contributed by atoms with Gasteiger partial charge < -0.3 is 0 Å². The first-order valence-corrected chi connectivity index (χ1v) is 7.21. The van der Waals surface area contributed by atoms with Crippen LogP contribution >= 0.6 is 0 Å². The molecule has 0 aliphatic rings. The second kappa shape index (κ2) is 5.90. The normalized spacial score (nSPS) is 11.4. The van der Waals surface area contributed by atoms with Crippen LogP contribution in [0.2, 0.25) is 0 Å². The first kappa shape index (κ1) is 13.6. The van der Waals surface area contributed by atoms with Gasteiger partial charge in [0, 0.05) is 18.9 Å². The zero-order valence-electron chi connectivity index (χ0n) is 10.1. The highest BCUT2D eigenvalue weighted by atomic mass is 32.2. The lowest BCUT2D eigenvalue weighted by molar-refractivity contribution is 0.557. The molecule has 0 fully saturated rings. The Morgan fingerprint density at radius 2 is 1.79 bits per heavy atom. The van der Waals surface area contributed by atoms with E-state index in [0.717, 1.165) is 11.6 Å². The largest absolute Gasteiger partial charge is 0.265 e. The van der Waals surface area contributed by atoms with Gasteiger partial charge in [0.05, 0.1) is 0 Å². The Labute approximate surface area is 111 Å². The number of pyridine rings is 1. The molecule has 6 heteroatoms. The molecule has 2 rings (SSSR count). The van der Waals surface area contributed by atoms with Crippen LogP contribution in [0.3, 0.4) is 0 Å². The predicted molar refractivity (Wildman–Crippen MR) is 69.5 cm³/mol. The van der Waals surface area contributed by atoms with Crippen LogP contribution in [0, 0.1) is 5.82 Å². The van der Waals surface area contributed by atoms with E-state index in [1.807, 2.05) is 0 Å². The Morgan fingerprint density at radius 1 is 1.11 bits per heavy atom. The molecule has 0 unspecified atom stereocenters.